The van der Waals surface area contributed by atoms with Crippen LogP contribution in [-0.4, -0.2) is 30.4 Å². The number of nitrogens with zero attached hydrogens (tertiary/aromatic N) is 1. The number of benzene rings is 2. The molecule has 0 unspecified atom stereocenters. The molecule has 6 heteroatoms. The summed E-state index contributed by atoms with van der Waals surface area (Å²) < 4.78 is 8.74. The van der Waals surface area contributed by atoms with Crippen LogP contribution in [0.1, 0.15) is 65.5 Å². The number of aliphatic hydroxyl groups excluding tert-OH is 1. The van der Waals surface area contributed by atoms with Gasteiger partial charge in [-0.3, -0.25) is 4.79 Å². The Morgan fingerprint density at radius 2 is 1.65 bits per heavy atom. The maximum absolute atomic E-state index is 11.8. The van der Waals surface area contributed by atoms with Gasteiger partial charge in [-0.2, -0.15) is 0 Å². The van der Waals surface area contributed by atoms with E-state index in [0.717, 1.165) is 29.5 Å². The summed E-state index contributed by atoms with van der Waals surface area (Å²) in [7, 11) is 0. The molecule has 0 fully saturated rings. The number of carbonyl (C=O) groups is 1. The second-order valence-corrected chi connectivity index (χ2v) is 13.5. The van der Waals surface area contributed by atoms with E-state index >= 15 is 0 Å². The van der Waals surface area contributed by atoms with Crippen LogP contribution in [0.15, 0.2) is 72.6 Å². The first-order valence-corrected chi connectivity index (χ1v) is 15.2. The van der Waals surface area contributed by atoms with Crippen molar-refractivity contribution in [2.24, 2.45) is 10.8 Å². The SMILES string of the molecule is CCC(C)(C)C(=O)/C=C(\O)C(C)(C)CC.Cc1[c-]c(Oc2nccc3[se]c(-c4ccccc4)cc23)cc(C)c1.[Ir]. The quantitative estimate of drug-likeness (QED) is 0.0840. The summed E-state index contributed by atoms with van der Waals surface area (Å²) in [6.45, 7) is 15.7. The normalized spacial score (nSPS) is 11.8. The molecule has 0 aliphatic heterocycles. The summed E-state index contributed by atoms with van der Waals surface area (Å²) in [5.41, 5.74) is 2.83. The van der Waals surface area contributed by atoms with Gasteiger partial charge in [-0.15, -0.1) is 0 Å². The largest absolute Gasteiger partial charge is 0 e. The van der Waals surface area contributed by atoms with Crippen molar-refractivity contribution in [3.8, 4) is 21.6 Å². The van der Waals surface area contributed by atoms with Gasteiger partial charge in [-0.25, -0.2) is 0 Å². The molecule has 2 aromatic heterocycles. The van der Waals surface area contributed by atoms with Crippen LogP contribution in [0.25, 0.3) is 19.6 Å². The molecule has 0 aliphatic carbocycles. The minimum atomic E-state index is -0.377. The molecule has 4 nitrogen and oxygen atoms in total. The third-order valence-corrected chi connectivity index (χ3v) is 9.60. The van der Waals surface area contributed by atoms with Gasteiger partial charge in [0, 0.05) is 37.0 Å². The van der Waals surface area contributed by atoms with Crippen LogP contribution in [0.2, 0.25) is 0 Å². The fraction of sp³-hybridized carbons (Fsp3) is 0.353. The van der Waals surface area contributed by atoms with Gasteiger partial charge in [-0.1, -0.05) is 41.5 Å². The molecule has 4 aromatic rings. The molecule has 0 amide bonds. The molecular weight excluding hydrogens is 742 g/mol. The fourth-order valence-electron chi connectivity index (χ4n) is 3.65. The molecule has 0 aliphatic rings. The van der Waals surface area contributed by atoms with Crippen LogP contribution in [0.5, 0.6) is 11.6 Å². The van der Waals surface area contributed by atoms with Crippen LogP contribution in [0, 0.1) is 30.7 Å². The topological polar surface area (TPSA) is 59.4 Å². The van der Waals surface area contributed by atoms with E-state index in [1.54, 1.807) is 0 Å². The number of ketones is 1. The average Bonchev–Trinajstić information content (AvgIpc) is 3.34. The van der Waals surface area contributed by atoms with Crippen molar-refractivity contribution in [1.29, 1.82) is 0 Å². The van der Waals surface area contributed by atoms with Crippen LogP contribution >= 0.6 is 0 Å². The Bertz CT molecular complexity index is 1430. The van der Waals surface area contributed by atoms with E-state index in [1.165, 1.54) is 25.9 Å². The molecule has 0 atom stereocenters. The van der Waals surface area contributed by atoms with Crippen molar-refractivity contribution in [2.75, 3.05) is 0 Å². The molecule has 2 aromatic carbocycles. The Morgan fingerprint density at radius 3 is 2.25 bits per heavy atom. The minimum absolute atomic E-state index is 0. The average molecular weight is 782 g/mol. The van der Waals surface area contributed by atoms with Gasteiger partial charge in [0.15, 0.2) is 5.78 Å². The van der Waals surface area contributed by atoms with Crippen molar-refractivity contribution in [1.82, 2.24) is 4.98 Å². The Kier molecular flexibility index (Phi) is 12.2. The van der Waals surface area contributed by atoms with Gasteiger partial charge in [0.05, 0.1) is 0 Å². The Hall–Kier alpha value is -2.49. The number of hydrogen-bond acceptors (Lipinski definition) is 4. The summed E-state index contributed by atoms with van der Waals surface area (Å²) in [4.78, 5) is 16.3. The second kappa shape index (κ2) is 14.4. The zero-order valence-corrected chi connectivity index (χ0v) is 28.8. The molecule has 0 spiro atoms. The summed E-state index contributed by atoms with van der Waals surface area (Å²) >= 11 is 0.282. The predicted molar refractivity (Wildman–Crippen MR) is 163 cm³/mol. The number of allylic oxidation sites excluding steroid dienone is 2. The minimum Gasteiger partial charge on any atom is 0 e. The van der Waals surface area contributed by atoms with Crippen LogP contribution in [0.4, 0.5) is 0 Å². The molecule has 4 rings (SSSR count). The monoisotopic (exact) mass is 783 g/mol. The van der Waals surface area contributed by atoms with E-state index in [-0.39, 0.29) is 57.0 Å². The number of fused-ring (bicyclic) bond motifs is 1. The molecule has 0 saturated carbocycles. The maximum Gasteiger partial charge on any atom is 0 e. The number of aliphatic hydroxyl groups is 1. The van der Waals surface area contributed by atoms with E-state index < -0.39 is 0 Å². The fourth-order valence-corrected chi connectivity index (χ4v) is 5.86. The Labute approximate surface area is 259 Å². The molecule has 0 saturated heterocycles. The standard InChI is InChI=1S/C21H16NOSe.C13H24O2.Ir/c1-14-10-15(2)12-17(11-14)23-21-18-13-20(16-6-4-3-5-7-16)24-19(18)8-9-22-21;1-7-12(3,4)10(14)9-11(15)13(5,6)8-2;/h3-11,13H,1-2H3;9,14H,7-8H2,1-6H3;/q-1;;/b;10-9-;. The Morgan fingerprint density at radius 1 is 1.00 bits per heavy atom. The van der Waals surface area contributed by atoms with Gasteiger partial charge in [-0.05, 0) is 12.8 Å². The van der Waals surface area contributed by atoms with Gasteiger partial charge in [0.2, 0.25) is 0 Å². The first-order chi connectivity index (χ1) is 18.4. The maximum atomic E-state index is 11.8. The molecule has 1 N–H and O–H groups in total. The van der Waals surface area contributed by atoms with E-state index in [1.807, 2.05) is 66.8 Å². The van der Waals surface area contributed by atoms with Crippen molar-refractivity contribution in [2.45, 2.75) is 68.2 Å². The number of pyridine rings is 1. The predicted octanol–water partition coefficient (Wildman–Crippen LogP) is 9.04. The summed E-state index contributed by atoms with van der Waals surface area (Å²) in [5, 5.41) is 10.9. The van der Waals surface area contributed by atoms with Crippen molar-refractivity contribution in [3.05, 3.63) is 89.8 Å². The number of rotatable bonds is 8. The molecule has 215 valence electrons. The summed E-state index contributed by atoms with van der Waals surface area (Å²) in [6.07, 6.45) is 4.82. The van der Waals surface area contributed by atoms with Crippen LogP contribution in [0.3, 0.4) is 0 Å². The van der Waals surface area contributed by atoms with E-state index in [4.69, 9.17) is 4.74 Å². The van der Waals surface area contributed by atoms with Gasteiger partial charge in [0.1, 0.15) is 5.76 Å². The molecular formula is C34H40IrNO3Se-. The van der Waals surface area contributed by atoms with Crippen molar-refractivity contribution in [3.63, 3.8) is 0 Å². The van der Waals surface area contributed by atoms with E-state index in [9.17, 15) is 9.90 Å². The number of hydrogen-bond donors (Lipinski definition) is 1. The van der Waals surface area contributed by atoms with Crippen LogP contribution in [-0.2, 0) is 24.9 Å². The first kappa shape index (κ1) is 33.7. The third kappa shape index (κ3) is 8.75. The number of carbonyl (C=O) groups excluding carboxylic acids is 1. The Balaban J connectivity index is 0.000000307. The van der Waals surface area contributed by atoms with Crippen molar-refractivity contribution < 1.29 is 34.7 Å². The van der Waals surface area contributed by atoms with Gasteiger partial charge >= 0.3 is 147 Å². The van der Waals surface area contributed by atoms with E-state index in [2.05, 4.69) is 60.4 Å². The second-order valence-electron chi connectivity index (χ2n) is 11.2. The number of aromatic nitrogens is 1. The zero-order chi connectivity index (χ0) is 28.8. The smallest absolute Gasteiger partial charge is 0 e. The number of aryl methyl sites for hydroxylation is 2. The molecule has 1 radical (unpaired) electrons. The van der Waals surface area contributed by atoms with Gasteiger partial charge < -0.3 is 5.11 Å². The molecule has 0 bridgehead atoms. The first-order valence-electron chi connectivity index (χ1n) is 13.4. The summed E-state index contributed by atoms with van der Waals surface area (Å²) in [6, 6.07) is 22.2. The third-order valence-electron chi connectivity index (χ3n) is 7.19. The van der Waals surface area contributed by atoms with Crippen molar-refractivity contribution >= 4 is 29.9 Å². The number of ether oxygens (including phenoxy) is 1. The van der Waals surface area contributed by atoms with Gasteiger partial charge in [0.25, 0.3) is 0 Å². The van der Waals surface area contributed by atoms with E-state index in [0.29, 0.717) is 5.88 Å². The van der Waals surface area contributed by atoms with Crippen LogP contribution < -0.4 is 4.74 Å². The summed E-state index contributed by atoms with van der Waals surface area (Å²) in [5.74, 6) is 1.59. The molecule has 2 heterocycles. The zero-order valence-electron chi connectivity index (χ0n) is 24.7. The molecule has 40 heavy (non-hydrogen) atoms.